The normalized spacial score (nSPS) is 12.8. The lowest BCUT2D eigenvalue weighted by atomic mass is 10.0. The molecule has 0 bridgehead atoms. The fraction of sp³-hybridized carbons (Fsp3) is 0.125. The molecule has 1 aromatic heterocycles. The third-order valence-electron chi connectivity index (χ3n) is 3.82. The van der Waals surface area contributed by atoms with E-state index in [0.29, 0.717) is 0 Å². The zero-order valence-corrected chi connectivity index (χ0v) is 9.77. The molecule has 0 N–H and O–H groups in total. The van der Waals surface area contributed by atoms with Gasteiger partial charge in [-0.3, -0.25) is 0 Å². The molecule has 0 fully saturated rings. The van der Waals surface area contributed by atoms with Crippen molar-refractivity contribution in [2.45, 2.75) is 13.5 Å². The molecule has 2 heterocycles. The Bertz CT molecular complexity index is 734. The molecule has 1 aliphatic rings. The number of para-hydroxylation sites is 1. The third kappa shape index (κ3) is 1.04. The van der Waals surface area contributed by atoms with Crippen molar-refractivity contribution in [1.82, 2.24) is 4.57 Å². The van der Waals surface area contributed by atoms with Gasteiger partial charge in [-0.2, -0.15) is 0 Å². The molecule has 2 aromatic carbocycles. The van der Waals surface area contributed by atoms with Gasteiger partial charge in [0.05, 0.1) is 5.69 Å². The van der Waals surface area contributed by atoms with Crippen molar-refractivity contribution >= 4 is 10.9 Å². The SMILES string of the molecule is Cc1c2n(c3ccccc13)Cc1ccccc1-2. The molecule has 17 heavy (non-hydrogen) atoms. The molecule has 0 atom stereocenters. The number of aryl methyl sites for hydroxylation is 1. The monoisotopic (exact) mass is 219 g/mol. The maximum atomic E-state index is 2.44. The zero-order valence-electron chi connectivity index (χ0n) is 9.77. The summed E-state index contributed by atoms with van der Waals surface area (Å²) < 4.78 is 2.44. The molecule has 0 aliphatic carbocycles. The predicted molar refractivity (Wildman–Crippen MR) is 71.2 cm³/mol. The number of aromatic nitrogens is 1. The van der Waals surface area contributed by atoms with Gasteiger partial charge in [0.2, 0.25) is 0 Å². The molecule has 1 aliphatic heterocycles. The van der Waals surface area contributed by atoms with Gasteiger partial charge in [0.25, 0.3) is 0 Å². The molecule has 0 unspecified atom stereocenters. The zero-order chi connectivity index (χ0) is 11.4. The van der Waals surface area contributed by atoms with Crippen molar-refractivity contribution in [2.24, 2.45) is 0 Å². The van der Waals surface area contributed by atoms with Crippen LogP contribution in [0.25, 0.3) is 22.2 Å². The van der Waals surface area contributed by atoms with Crippen LogP contribution < -0.4 is 0 Å². The van der Waals surface area contributed by atoms with Gasteiger partial charge in [-0.05, 0) is 24.1 Å². The van der Waals surface area contributed by atoms with E-state index in [0.717, 1.165) is 6.54 Å². The number of nitrogens with zero attached hydrogens (tertiary/aromatic N) is 1. The van der Waals surface area contributed by atoms with Crippen LogP contribution in [-0.4, -0.2) is 4.57 Å². The first-order chi connectivity index (χ1) is 8.36. The van der Waals surface area contributed by atoms with Gasteiger partial charge >= 0.3 is 0 Å². The van der Waals surface area contributed by atoms with Gasteiger partial charge in [0.15, 0.2) is 0 Å². The highest BCUT2D eigenvalue weighted by molar-refractivity contribution is 5.93. The lowest BCUT2D eigenvalue weighted by Gasteiger charge is -1.99. The Morgan fingerprint density at radius 2 is 1.71 bits per heavy atom. The minimum atomic E-state index is 1.01. The molecular weight excluding hydrogens is 206 g/mol. The van der Waals surface area contributed by atoms with Crippen molar-refractivity contribution < 1.29 is 0 Å². The van der Waals surface area contributed by atoms with Gasteiger partial charge in [-0.1, -0.05) is 42.5 Å². The third-order valence-corrected chi connectivity index (χ3v) is 3.82. The van der Waals surface area contributed by atoms with Crippen LogP contribution >= 0.6 is 0 Å². The van der Waals surface area contributed by atoms with E-state index in [9.17, 15) is 0 Å². The van der Waals surface area contributed by atoms with E-state index in [1.54, 1.807) is 0 Å². The first-order valence-corrected chi connectivity index (χ1v) is 6.02. The van der Waals surface area contributed by atoms with Crippen molar-refractivity contribution in [1.29, 1.82) is 0 Å². The van der Waals surface area contributed by atoms with Crippen LogP contribution in [0.4, 0.5) is 0 Å². The molecular formula is C16H13N. The summed E-state index contributed by atoms with van der Waals surface area (Å²) in [7, 11) is 0. The summed E-state index contributed by atoms with van der Waals surface area (Å²) in [6.07, 6.45) is 0. The second-order valence-electron chi connectivity index (χ2n) is 4.73. The first kappa shape index (κ1) is 9.06. The largest absolute Gasteiger partial charge is 0.336 e. The summed E-state index contributed by atoms with van der Waals surface area (Å²) in [5.74, 6) is 0. The summed E-state index contributed by atoms with van der Waals surface area (Å²) in [4.78, 5) is 0. The molecule has 3 aromatic rings. The van der Waals surface area contributed by atoms with E-state index in [1.165, 1.54) is 33.3 Å². The molecule has 82 valence electrons. The lowest BCUT2D eigenvalue weighted by molar-refractivity contribution is 0.885. The van der Waals surface area contributed by atoms with E-state index in [2.05, 4.69) is 60.0 Å². The standard InChI is InChI=1S/C16H13N/c1-11-13-7-4-5-9-15(13)17-10-12-6-2-3-8-14(12)16(11)17/h2-9H,10H2,1H3. The molecule has 1 heteroatoms. The average molecular weight is 219 g/mol. The van der Waals surface area contributed by atoms with E-state index in [-0.39, 0.29) is 0 Å². The topological polar surface area (TPSA) is 4.93 Å². The van der Waals surface area contributed by atoms with Crippen LogP contribution in [-0.2, 0) is 6.54 Å². The Hall–Kier alpha value is -2.02. The molecule has 0 saturated heterocycles. The van der Waals surface area contributed by atoms with Gasteiger partial charge in [-0.15, -0.1) is 0 Å². The lowest BCUT2D eigenvalue weighted by Crippen LogP contribution is -1.91. The summed E-state index contributed by atoms with van der Waals surface area (Å²) >= 11 is 0. The highest BCUT2D eigenvalue weighted by Crippen LogP contribution is 2.40. The van der Waals surface area contributed by atoms with Crippen LogP contribution in [0.1, 0.15) is 11.1 Å². The first-order valence-electron chi connectivity index (χ1n) is 6.02. The number of rotatable bonds is 0. The highest BCUT2D eigenvalue weighted by Gasteiger charge is 2.22. The predicted octanol–water partition coefficient (Wildman–Crippen LogP) is 3.98. The van der Waals surface area contributed by atoms with Crippen molar-refractivity contribution in [3.05, 3.63) is 59.7 Å². The summed E-state index contributed by atoms with van der Waals surface area (Å²) in [5, 5.41) is 1.39. The smallest absolute Gasteiger partial charge is 0.0527 e. The Morgan fingerprint density at radius 3 is 2.65 bits per heavy atom. The van der Waals surface area contributed by atoms with Gasteiger partial charge in [0, 0.05) is 23.0 Å². The van der Waals surface area contributed by atoms with Crippen LogP contribution in [0, 0.1) is 6.92 Å². The van der Waals surface area contributed by atoms with E-state index < -0.39 is 0 Å². The van der Waals surface area contributed by atoms with Gasteiger partial charge < -0.3 is 4.57 Å². The van der Waals surface area contributed by atoms with Gasteiger partial charge in [0.1, 0.15) is 0 Å². The quantitative estimate of drug-likeness (QED) is 0.421. The minimum Gasteiger partial charge on any atom is -0.336 e. The number of hydrogen-bond acceptors (Lipinski definition) is 0. The van der Waals surface area contributed by atoms with Gasteiger partial charge in [-0.25, -0.2) is 0 Å². The van der Waals surface area contributed by atoms with Crippen LogP contribution in [0.15, 0.2) is 48.5 Å². The molecule has 0 spiro atoms. The second-order valence-corrected chi connectivity index (χ2v) is 4.73. The fourth-order valence-corrected chi connectivity index (χ4v) is 3.05. The Kier molecular flexibility index (Phi) is 1.60. The van der Waals surface area contributed by atoms with E-state index in [1.807, 2.05) is 0 Å². The van der Waals surface area contributed by atoms with E-state index >= 15 is 0 Å². The minimum absolute atomic E-state index is 1.01. The van der Waals surface area contributed by atoms with Crippen molar-refractivity contribution in [3.8, 4) is 11.3 Å². The number of fused-ring (bicyclic) bond motifs is 5. The molecule has 0 amide bonds. The summed E-state index contributed by atoms with van der Waals surface area (Å²) in [5.41, 5.74) is 7.01. The van der Waals surface area contributed by atoms with Crippen molar-refractivity contribution in [2.75, 3.05) is 0 Å². The number of benzene rings is 2. The maximum Gasteiger partial charge on any atom is 0.0527 e. The number of hydrogen-bond donors (Lipinski definition) is 0. The van der Waals surface area contributed by atoms with Crippen LogP contribution in [0.3, 0.4) is 0 Å². The highest BCUT2D eigenvalue weighted by atomic mass is 15.0. The summed E-state index contributed by atoms with van der Waals surface area (Å²) in [6, 6.07) is 17.4. The second kappa shape index (κ2) is 3.01. The molecule has 0 saturated carbocycles. The molecule has 0 radical (unpaired) electrons. The Balaban J connectivity index is 2.17. The Labute approximate surface area is 100 Å². The van der Waals surface area contributed by atoms with Crippen molar-refractivity contribution in [3.63, 3.8) is 0 Å². The van der Waals surface area contributed by atoms with Crippen LogP contribution in [0.2, 0.25) is 0 Å². The maximum absolute atomic E-state index is 2.44. The molecule has 1 nitrogen and oxygen atoms in total. The summed E-state index contributed by atoms with van der Waals surface area (Å²) in [6.45, 7) is 3.25. The average Bonchev–Trinajstić information content (AvgIpc) is 2.88. The van der Waals surface area contributed by atoms with Crippen LogP contribution in [0.5, 0.6) is 0 Å². The fourth-order valence-electron chi connectivity index (χ4n) is 3.05. The Morgan fingerprint density at radius 1 is 0.941 bits per heavy atom. The molecule has 4 rings (SSSR count). The van der Waals surface area contributed by atoms with E-state index in [4.69, 9.17) is 0 Å².